The van der Waals surface area contributed by atoms with Gasteiger partial charge in [0, 0.05) is 5.56 Å². The van der Waals surface area contributed by atoms with Gasteiger partial charge in [-0.15, -0.1) is 0 Å². The summed E-state index contributed by atoms with van der Waals surface area (Å²) in [6.07, 6.45) is 0. The molecule has 0 saturated heterocycles. The second kappa shape index (κ2) is 3.19. The van der Waals surface area contributed by atoms with Crippen LogP contribution in [-0.2, 0) is 0 Å². The van der Waals surface area contributed by atoms with Crippen LogP contribution in [0.15, 0.2) is 12.1 Å². The van der Waals surface area contributed by atoms with Gasteiger partial charge in [0.2, 0.25) is 5.91 Å². The average molecular weight is 182 g/mol. The summed E-state index contributed by atoms with van der Waals surface area (Å²) in [5, 5.41) is 8.34. The van der Waals surface area contributed by atoms with Crippen molar-refractivity contribution >= 4 is 5.91 Å². The molecule has 0 aliphatic heterocycles. The van der Waals surface area contributed by atoms with E-state index in [0.29, 0.717) is 6.07 Å². The standard InChI is InChI=1S/C8H4F2N2O/c9-6-2-4(8(12)13)1-5(3-11)7(6)10/h1-2H,(H2,12,13). The average Bonchev–Trinajstić information content (AvgIpc) is 2.09. The first-order chi connectivity index (χ1) is 6.06. The van der Waals surface area contributed by atoms with Crippen molar-refractivity contribution in [3.8, 4) is 6.07 Å². The second-order valence-corrected chi connectivity index (χ2v) is 2.30. The van der Waals surface area contributed by atoms with Crippen LogP contribution in [0, 0.1) is 23.0 Å². The third-order valence-corrected chi connectivity index (χ3v) is 1.43. The largest absolute Gasteiger partial charge is 0.366 e. The van der Waals surface area contributed by atoms with E-state index in [1.54, 1.807) is 0 Å². The molecule has 2 N–H and O–H groups in total. The second-order valence-electron chi connectivity index (χ2n) is 2.30. The maximum atomic E-state index is 12.7. The number of rotatable bonds is 1. The Morgan fingerprint density at radius 2 is 2.08 bits per heavy atom. The van der Waals surface area contributed by atoms with Gasteiger partial charge in [-0.3, -0.25) is 4.79 Å². The number of nitrogens with two attached hydrogens (primary N) is 1. The van der Waals surface area contributed by atoms with E-state index in [2.05, 4.69) is 0 Å². The third kappa shape index (κ3) is 1.62. The van der Waals surface area contributed by atoms with Crippen molar-refractivity contribution in [1.82, 2.24) is 0 Å². The monoisotopic (exact) mass is 182 g/mol. The maximum Gasteiger partial charge on any atom is 0.248 e. The van der Waals surface area contributed by atoms with Gasteiger partial charge in [-0.1, -0.05) is 0 Å². The van der Waals surface area contributed by atoms with E-state index in [1.165, 1.54) is 6.07 Å². The number of hydrogen-bond acceptors (Lipinski definition) is 2. The third-order valence-electron chi connectivity index (χ3n) is 1.43. The van der Waals surface area contributed by atoms with Crippen LogP contribution in [0.25, 0.3) is 0 Å². The lowest BCUT2D eigenvalue weighted by Gasteiger charge is -1.98. The Morgan fingerprint density at radius 3 is 2.54 bits per heavy atom. The van der Waals surface area contributed by atoms with Crippen molar-refractivity contribution in [1.29, 1.82) is 5.26 Å². The van der Waals surface area contributed by atoms with Crippen LogP contribution < -0.4 is 5.73 Å². The highest BCUT2D eigenvalue weighted by Gasteiger charge is 2.12. The molecule has 66 valence electrons. The molecule has 0 heterocycles. The first-order valence-electron chi connectivity index (χ1n) is 3.25. The molecule has 0 unspecified atom stereocenters. The number of halogens is 2. The lowest BCUT2D eigenvalue weighted by Crippen LogP contribution is -2.12. The lowest BCUT2D eigenvalue weighted by atomic mass is 10.1. The van der Waals surface area contributed by atoms with E-state index < -0.39 is 23.1 Å². The van der Waals surface area contributed by atoms with E-state index in [1.807, 2.05) is 0 Å². The molecule has 0 radical (unpaired) electrons. The Bertz CT molecular complexity index is 409. The number of primary amides is 1. The highest BCUT2D eigenvalue weighted by atomic mass is 19.2. The maximum absolute atomic E-state index is 12.7. The molecular weight excluding hydrogens is 178 g/mol. The number of benzene rings is 1. The SMILES string of the molecule is N#Cc1cc(C(N)=O)cc(F)c1F. The van der Waals surface area contributed by atoms with E-state index >= 15 is 0 Å². The summed E-state index contributed by atoms with van der Waals surface area (Å²) < 4.78 is 25.3. The van der Waals surface area contributed by atoms with Gasteiger partial charge in [0.1, 0.15) is 6.07 Å². The minimum Gasteiger partial charge on any atom is -0.366 e. The summed E-state index contributed by atoms with van der Waals surface area (Å²) in [6, 6.07) is 2.96. The van der Waals surface area contributed by atoms with Gasteiger partial charge >= 0.3 is 0 Å². The van der Waals surface area contributed by atoms with Crippen LogP contribution in [0.2, 0.25) is 0 Å². The van der Waals surface area contributed by atoms with Crippen LogP contribution in [-0.4, -0.2) is 5.91 Å². The first kappa shape index (κ1) is 9.13. The van der Waals surface area contributed by atoms with Crippen molar-refractivity contribution < 1.29 is 13.6 Å². The van der Waals surface area contributed by atoms with Crippen LogP contribution >= 0.6 is 0 Å². The molecular formula is C8H4F2N2O. The molecule has 0 saturated carbocycles. The fraction of sp³-hybridized carbons (Fsp3) is 0. The molecule has 3 nitrogen and oxygen atoms in total. The Labute approximate surface area is 72.4 Å². The number of amides is 1. The number of nitrogens with zero attached hydrogens (tertiary/aromatic N) is 1. The highest BCUT2D eigenvalue weighted by Crippen LogP contribution is 2.13. The number of nitriles is 1. The lowest BCUT2D eigenvalue weighted by molar-refractivity contribution is 0.0999. The molecule has 1 aromatic carbocycles. The zero-order chi connectivity index (χ0) is 10.0. The minimum absolute atomic E-state index is 0.226. The smallest absolute Gasteiger partial charge is 0.248 e. The van der Waals surface area contributed by atoms with Crippen molar-refractivity contribution in [2.75, 3.05) is 0 Å². The van der Waals surface area contributed by atoms with Gasteiger partial charge < -0.3 is 5.73 Å². The van der Waals surface area contributed by atoms with Crippen LogP contribution in [0.4, 0.5) is 8.78 Å². The summed E-state index contributed by atoms with van der Waals surface area (Å²) in [7, 11) is 0. The molecule has 0 fully saturated rings. The molecule has 0 aromatic heterocycles. The summed E-state index contributed by atoms with van der Waals surface area (Å²) in [5.74, 6) is -3.43. The quantitative estimate of drug-likeness (QED) is 0.702. The van der Waals surface area contributed by atoms with Crippen LogP contribution in [0.3, 0.4) is 0 Å². The van der Waals surface area contributed by atoms with Crippen LogP contribution in [0.1, 0.15) is 15.9 Å². The molecule has 1 rings (SSSR count). The molecule has 0 spiro atoms. The van der Waals surface area contributed by atoms with Gasteiger partial charge in [0.15, 0.2) is 11.6 Å². The van der Waals surface area contributed by atoms with Gasteiger partial charge in [0.25, 0.3) is 0 Å². The number of carbonyl (C=O) groups is 1. The summed E-state index contributed by atoms with van der Waals surface area (Å²) in [5.41, 5.74) is 4.06. The number of hydrogen-bond donors (Lipinski definition) is 1. The highest BCUT2D eigenvalue weighted by molar-refractivity contribution is 5.93. The fourth-order valence-electron chi connectivity index (χ4n) is 0.813. The van der Waals surface area contributed by atoms with Crippen molar-refractivity contribution in [2.24, 2.45) is 5.73 Å². The Kier molecular flexibility index (Phi) is 2.24. The van der Waals surface area contributed by atoms with Crippen molar-refractivity contribution in [2.45, 2.75) is 0 Å². The van der Waals surface area contributed by atoms with Crippen LogP contribution in [0.5, 0.6) is 0 Å². The van der Waals surface area contributed by atoms with Gasteiger partial charge in [-0.25, -0.2) is 8.78 Å². The fourth-order valence-corrected chi connectivity index (χ4v) is 0.813. The van der Waals surface area contributed by atoms with E-state index in [9.17, 15) is 13.6 Å². The Hall–Kier alpha value is -1.96. The topological polar surface area (TPSA) is 66.9 Å². The summed E-state index contributed by atoms with van der Waals surface area (Å²) in [4.78, 5) is 10.6. The summed E-state index contributed by atoms with van der Waals surface area (Å²) in [6.45, 7) is 0. The first-order valence-corrected chi connectivity index (χ1v) is 3.25. The van der Waals surface area contributed by atoms with Gasteiger partial charge in [-0.2, -0.15) is 5.26 Å². The van der Waals surface area contributed by atoms with Gasteiger partial charge in [-0.05, 0) is 12.1 Å². The van der Waals surface area contributed by atoms with E-state index in [-0.39, 0.29) is 5.56 Å². The molecule has 13 heavy (non-hydrogen) atoms. The molecule has 0 bridgehead atoms. The minimum atomic E-state index is -1.27. The predicted octanol–water partition coefficient (Wildman–Crippen LogP) is 0.935. The zero-order valence-corrected chi connectivity index (χ0v) is 6.34. The van der Waals surface area contributed by atoms with Gasteiger partial charge in [0.05, 0.1) is 5.56 Å². The molecule has 0 atom stereocenters. The molecule has 1 aromatic rings. The molecule has 0 aliphatic rings. The Balaban J connectivity index is 3.41. The molecule has 5 heteroatoms. The van der Waals surface area contributed by atoms with E-state index in [0.717, 1.165) is 6.07 Å². The van der Waals surface area contributed by atoms with Crippen molar-refractivity contribution in [3.63, 3.8) is 0 Å². The normalized spacial score (nSPS) is 9.31. The molecule has 1 amide bonds. The molecule has 0 aliphatic carbocycles. The zero-order valence-electron chi connectivity index (χ0n) is 6.34. The summed E-state index contributed by atoms with van der Waals surface area (Å²) >= 11 is 0. The van der Waals surface area contributed by atoms with Crippen molar-refractivity contribution in [3.05, 3.63) is 34.9 Å². The van der Waals surface area contributed by atoms with E-state index in [4.69, 9.17) is 11.0 Å². The predicted molar refractivity (Wildman–Crippen MR) is 39.6 cm³/mol. The Morgan fingerprint density at radius 1 is 1.46 bits per heavy atom. The number of carbonyl (C=O) groups excluding carboxylic acids is 1.